The molecule has 1 aromatic rings. The Labute approximate surface area is 113 Å². The van der Waals surface area contributed by atoms with Gasteiger partial charge in [-0.3, -0.25) is 4.79 Å². The minimum atomic E-state index is 0.0752. The number of hydrogen-bond acceptors (Lipinski definition) is 1. The molecule has 4 heteroatoms. The Morgan fingerprint density at radius 1 is 1.50 bits per heavy atom. The van der Waals surface area contributed by atoms with Gasteiger partial charge in [-0.1, -0.05) is 50.9 Å². The molecular weight excluding hydrogens is 334 g/mol. The number of alkyl halides is 1. The summed E-state index contributed by atoms with van der Waals surface area (Å²) in [6.45, 7) is 2.79. The van der Waals surface area contributed by atoms with Gasteiger partial charge in [0.2, 0.25) is 5.91 Å². The number of carbonyl (C=O) groups is 1. The Morgan fingerprint density at radius 2 is 2.25 bits per heavy atom. The molecule has 1 N–H and O–H groups in total. The lowest BCUT2D eigenvalue weighted by Crippen LogP contribution is -2.27. The van der Waals surface area contributed by atoms with Gasteiger partial charge in [-0.05, 0) is 24.1 Å². The molecule has 0 aromatic heterocycles. The van der Waals surface area contributed by atoms with E-state index in [0.717, 1.165) is 23.0 Å². The highest BCUT2D eigenvalue weighted by atomic mass is 79.9. The van der Waals surface area contributed by atoms with E-state index in [-0.39, 0.29) is 5.91 Å². The van der Waals surface area contributed by atoms with Crippen molar-refractivity contribution in [3.05, 3.63) is 34.3 Å². The summed E-state index contributed by atoms with van der Waals surface area (Å²) >= 11 is 6.83. The van der Waals surface area contributed by atoms with E-state index < -0.39 is 0 Å². The third-order valence-corrected chi connectivity index (χ3v) is 3.07. The average molecular weight is 349 g/mol. The van der Waals surface area contributed by atoms with Gasteiger partial charge in [0.15, 0.2) is 0 Å². The largest absolute Gasteiger partial charge is 0.356 e. The first-order chi connectivity index (χ1) is 7.58. The van der Waals surface area contributed by atoms with Crippen molar-refractivity contribution >= 4 is 37.8 Å². The lowest BCUT2D eigenvalue weighted by atomic mass is 10.1. The van der Waals surface area contributed by atoms with E-state index in [1.165, 1.54) is 0 Å². The molecule has 0 saturated heterocycles. The number of amides is 1. The van der Waals surface area contributed by atoms with Gasteiger partial charge in [0.25, 0.3) is 0 Å². The van der Waals surface area contributed by atoms with Crippen LogP contribution in [0.5, 0.6) is 0 Å². The Hall–Kier alpha value is -0.350. The van der Waals surface area contributed by atoms with Crippen molar-refractivity contribution in [2.45, 2.75) is 24.6 Å². The highest BCUT2D eigenvalue weighted by molar-refractivity contribution is 9.10. The van der Waals surface area contributed by atoms with E-state index in [4.69, 9.17) is 0 Å². The third kappa shape index (κ3) is 5.66. The van der Waals surface area contributed by atoms with Crippen LogP contribution >= 0.6 is 31.9 Å². The van der Waals surface area contributed by atoms with Gasteiger partial charge in [0.05, 0.1) is 6.42 Å². The molecule has 0 radical (unpaired) electrons. The zero-order valence-corrected chi connectivity index (χ0v) is 12.3. The standard InChI is InChI=1S/C12H15Br2NO/c1-9(13)5-6-15-12(16)8-10-3-2-4-11(14)7-10/h2-4,7,9H,5-6,8H2,1H3,(H,15,16). The summed E-state index contributed by atoms with van der Waals surface area (Å²) in [6, 6.07) is 7.81. The zero-order chi connectivity index (χ0) is 12.0. The monoisotopic (exact) mass is 347 g/mol. The Balaban J connectivity index is 2.34. The van der Waals surface area contributed by atoms with E-state index in [1.54, 1.807) is 0 Å². The normalized spacial score (nSPS) is 12.2. The van der Waals surface area contributed by atoms with Gasteiger partial charge < -0.3 is 5.32 Å². The summed E-state index contributed by atoms with van der Waals surface area (Å²) in [5, 5.41) is 2.90. The molecule has 0 aliphatic carbocycles. The van der Waals surface area contributed by atoms with Gasteiger partial charge in [-0.15, -0.1) is 0 Å². The van der Waals surface area contributed by atoms with Crippen molar-refractivity contribution in [2.75, 3.05) is 6.54 Å². The molecule has 0 saturated carbocycles. The number of benzene rings is 1. The molecule has 0 aliphatic heterocycles. The molecule has 1 atom stereocenters. The lowest BCUT2D eigenvalue weighted by molar-refractivity contribution is -0.120. The number of halogens is 2. The number of carbonyl (C=O) groups excluding carboxylic acids is 1. The van der Waals surface area contributed by atoms with E-state index in [2.05, 4.69) is 44.1 Å². The number of hydrogen-bond donors (Lipinski definition) is 1. The van der Waals surface area contributed by atoms with E-state index >= 15 is 0 Å². The predicted molar refractivity (Wildman–Crippen MR) is 73.9 cm³/mol. The first-order valence-electron chi connectivity index (χ1n) is 5.23. The second kappa shape index (κ2) is 7.07. The summed E-state index contributed by atoms with van der Waals surface area (Å²) in [6.07, 6.45) is 1.39. The highest BCUT2D eigenvalue weighted by Gasteiger charge is 2.03. The van der Waals surface area contributed by atoms with E-state index in [0.29, 0.717) is 11.2 Å². The number of nitrogens with one attached hydrogen (secondary N) is 1. The van der Waals surface area contributed by atoms with E-state index in [1.807, 2.05) is 24.3 Å². The van der Waals surface area contributed by atoms with E-state index in [9.17, 15) is 4.79 Å². The maximum atomic E-state index is 11.6. The number of rotatable bonds is 5. The quantitative estimate of drug-likeness (QED) is 0.813. The molecule has 2 nitrogen and oxygen atoms in total. The van der Waals surface area contributed by atoms with Gasteiger partial charge in [-0.2, -0.15) is 0 Å². The van der Waals surface area contributed by atoms with Gasteiger partial charge in [-0.25, -0.2) is 0 Å². The summed E-state index contributed by atoms with van der Waals surface area (Å²) in [5.41, 5.74) is 1.03. The zero-order valence-electron chi connectivity index (χ0n) is 9.17. The summed E-state index contributed by atoms with van der Waals surface area (Å²) in [4.78, 5) is 12.0. The van der Waals surface area contributed by atoms with Crippen molar-refractivity contribution in [3.63, 3.8) is 0 Å². The Kier molecular flexibility index (Phi) is 6.06. The van der Waals surface area contributed by atoms with Crippen molar-refractivity contribution in [3.8, 4) is 0 Å². The second-order valence-corrected chi connectivity index (χ2v) is 6.20. The van der Waals surface area contributed by atoms with Crippen molar-refractivity contribution in [2.24, 2.45) is 0 Å². The molecule has 0 spiro atoms. The van der Waals surface area contributed by atoms with Crippen molar-refractivity contribution in [1.29, 1.82) is 0 Å². The van der Waals surface area contributed by atoms with Crippen LogP contribution in [0.3, 0.4) is 0 Å². The fourth-order valence-electron chi connectivity index (χ4n) is 1.31. The van der Waals surface area contributed by atoms with Crippen LogP contribution in [0.2, 0.25) is 0 Å². The maximum absolute atomic E-state index is 11.6. The fraction of sp³-hybridized carbons (Fsp3) is 0.417. The molecule has 0 bridgehead atoms. The molecule has 88 valence electrons. The predicted octanol–water partition coefficient (Wildman–Crippen LogP) is 3.28. The molecule has 0 heterocycles. The van der Waals surface area contributed by atoms with Crippen LogP contribution in [0.1, 0.15) is 18.9 Å². The minimum Gasteiger partial charge on any atom is -0.356 e. The molecule has 16 heavy (non-hydrogen) atoms. The summed E-state index contributed by atoms with van der Waals surface area (Å²) in [7, 11) is 0. The van der Waals surface area contributed by atoms with Gasteiger partial charge in [0, 0.05) is 15.8 Å². The van der Waals surface area contributed by atoms with Crippen LogP contribution < -0.4 is 5.32 Å². The van der Waals surface area contributed by atoms with Crippen molar-refractivity contribution in [1.82, 2.24) is 5.32 Å². The van der Waals surface area contributed by atoms with Crippen LogP contribution in [0.15, 0.2) is 28.7 Å². The second-order valence-electron chi connectivity index (χ2n) is 3.73. The molecule has 0 fully saturated rings. The first-order valence-corrected chi connectivity index (χ1v) is 6.94. The van der Waals surface area contributed by atoms with Gasteiger partial charge >= 0.3 is 0 Å². The Bertz CT molecular complexity index is 353. The van der Waals surface area contributed by atoms with Crippen LogP contribution in [0.25, 0.3) is 0 Å². The maximum Gasteiger partial charge on any atom is 0.224 e. The summed E-state index contributed by atoms with van der Waals surface area (Å²) in [5.74, 6) is 0.0752. The molecule has 1 amide bonds. The van der Waals surface area contributed by atoms with Crippen molar-refractivity contribution < 1.29 is 4.79 Å². The molecule has 0 aliphatic rings. The SMILES string of the molecule is CC(Br)CCNC(=O)Cc1cccc(Br)c1. The topological polar surface area (TPSA) is 29.1 Å². The first kappa shape index (κ1) is 13.7. The van der Waals surface area contributed by atoms with Crippen LogP contribution in [-0.4, -0.2) is 17.3 Å². The Morgan fingerprint density at radius 3 is 2.88 bits per heavy atom. The molecule has 1 rings (SSSR count). The fourth-order valence-corrected chi connectivity index (χ4v) is 1.98. The van der Waals surface area contributed by atoms with Crippen LogP contribution in [-0.2, 0) is 11.2 Å². The molecule has 1 unspecified atom stereocenters. The van der Waals surface area contributed by atoms with Crippen LogP contribution in [0.4, 0.5) is 0 Å². The highest BCUT2D eigenvalue weighted by Crippen LogP contribution is 2.11. The molecular formula is C12H15Br2NO. The smallest absolute Gasteiger partial charge is 0.224 e. The summed E-state index contributed by atoms with van der Waals surface area (Å²) < 4.78 is 1.01. The minimum absolute atomic E-state index is 0.0752. The van der Waals surface area contributed by atoms with Crippen LogP contribution in [0, 0.1) is 0 Å². The molecule has 1 aromatic carbocycles. The third-order valence-electron chi connectivity index (χ3n) is 2.12. The van der Waals surface area contributed by atoms with Gasteiger partial charge in [0.1, 0.15) is 0 Å². The lowest BCUT2D eigenvalue weighted by Gasteiger charge is -2.06. The average Bonchev–Trinajstić information content (AvgIpc) is 2.16.